The Morgan fingerprint density at radius 1 is 1.19 bits per heavy atom. The second kappa shape index (κ2) is 4.72. The molecule has 1 nitrogen and oxygen atoms in total. The molecule has 1 aromatic carbocycles. The first-order valence-electron chi connectivity index (χ1n) is 6.41. The van der Waals surface area contributed by atoms with E-state index in [4.69, 9.17) is 0 Å². The molecule has 1 atom stereocenters. The largest absolute Gasteiger partial charge is 0.303 e. The third-order valence-corrected chi connectivity index (χ3v) is 8.22. The lowest BCUT2D eigenvalue weighted by molar-refractivity contribution is 0.244. The van der Waals surface area contributed by atoms with E-state index in [0.29, 0.717) is 6.04 Å². The van der Waals surface area contributed by atoms with E-state index in [2.05, 4.69) is 55.6 Å². The minimum absolute atomic E-state index is 0.704. The smallest absolute Gasteiger partial charge is 0.0979 e. The van der Waals surface area contributed by atoms with Crippen LogP contribution in [-0.2, 0) is 0 Å². The summed E-state index contributed by atoms with van der Waals surface area (Å²) in [6.07, 6.45) is 2.73. The zero-order valence-corrected chi connectivity index (χ0v) is 11.7. The molecule has 1 unspecified atom stereocenters. The van der Waals surface area contributed by atoms with Gasteiger partial charge in [0.05, 0.1) is 8.07 Å². The summed E-state index contributed by atoms with van der Waals surface area (Å²) in [7, 11) is -1.21. The highest BCUT2D eigenvalue weighted by Gasteiger charge is 2.35. The number of nitrogens with zero attached hydrogens (tertiary/aromatic N) is 1. The molecule has 0 saturated carbocycles. The Hall–Kier alpha value is -0.603. The fraction of sp³-hybridized carbons (Fsp3) is 0.571. The van der Waals surface area contributed by atoms with Crippen molar-refractivity contribution in [3.63, 3.8) is 0 Å². The van der Waals surface area contributed by atoms with Gasteiger partial charge in [0, 0.05) is 6.04 Å². The lowest BCUT2D eigenvalue weighted by Crippen LogP contribution is -2.58. The van der Waals surface area contributed by atoms with Crippen molar-refractivity contribution in [2.24, 2.45) is 0 Å². The van der Waals surface area contributed by atoms with Gasteiger partial charge in [-0.25, -0.2) is 0 Å². The van der Waals surface area contributed by atoms with E-state index < -0.39 is 8.07 Å². The van der Waals surface area contributed by atoms with E-state index in [1.807, 2.05) is 0 Å². The monoisotopic (exact) mass is 233 g/mol. The Labute approximate surface area is 100 Å². The normalized spacial score (nSPS) is 27.2. The molecular formula is C14H23NSi. The molecule has 2 heteroatoms. The Morgan fingerprint density at radius 2 is 1.88 bits per heavy atom. The summed E-state index contributed by atoms with van der Waals surface area (Å²) in [5, 5.41) is 1.64. The summed E-state index contributed by atoms with van der Waals surface area (Å²) in [6.45, 7) is 8.50. The van der Waals surface area contributed by atoms with E-state index in [1.165, 1.54) is 25.2 Å². The van der Waals surface area contributed by atoms with E-state index in [9.17, 15) is 0 Å². The summed E-state index contributed by atoms with van der Waals surface area (Å²) in [5.74, 6) is 0. The average Bonchev–Trinajstić information content (AvgIpc) is 2.30. The molecule has 88 valence electrons. The van der Waals surface area contributed by atoms with Gasteiger partial charge in [0.1, 0.15) is 0 Å². The number of hydrogen-bond acceptors (Lipinski definition) is 1. The van der Waals surface area contributed by atoms with Crippen LogP contribution < -0.4 is 5.19 Å². The van der Waals surface area contributed by atoms with Crippen molar-refractivity contribution in [1.29, 1.82) is 0 Å². The zero-order valence-electron chi connectivity index (χ0n) is 10.7. The van der Waals surface area contributed by atoms with E-state index >= 15 is 0 Å². The lowest BCUT2D eigenvalue weighted by atomic mass is 10.3. The van der Waals surface area contributed by atoms with E-state index in [-0.39, 0.29) is 0 Å². The quantitative estimate of drug-likeness (QED) is 0.710. The molecule has 1 heterocycles. The van der Waals surface area contributed by atoms with Gasteiger partial charge in [0.2, 0.25) is 0 Å². The van der Waals surface area contributed by atoms with Crippen molar-refractivity contribution < 1.29 is 0 Å². The van der Waals surface area contributed by atoms with Crippen LogP contribution >= 0.6 is 0 Å². The van der Waals surface area contributed by atoms with Crippen LogP contribution in [0.5, 0.6) is 0 Å². The van der Waals surface area contributed by atoms with Crippen LogP contribution in [0.25, 0.3) is 0 Å². The predicted octanol–water partition coefficient (Wildman–Crippen LogP) is 2.63. The Bertz CT molecular complexity index is 336. The van der Waals surface area contributed by atoms with Crippen LogP contribution in [0.4, 0.5) is 0 Å². The Balaban J connectivity index is 2.19. The molecule has 1 aliphatic heterocycles. The second-order valence-electron chi connectivity index (χ2n) is 5.59. The molecule has 0 N–H and O–H groups in total. The van der Waals surface area contributed by atoms with Crippen molar-refractivity contribution in [3.05, 3.63) is 30.3 Å². The van der Waals surface area contributed by atoms with E-state index in [0.717, 1.165) is 0 Å². The number of benzene rings is 1. The summed E-state index contributed by atoms with van der Waals surface area (Å²) in [4.78, 5) is 2.67. The van der Waals surface area contributed by atoms with Crippen LogP contribution in [-0.4, -0.2) is 31.7 Å². The molecule has 0 radical (unpaired) electrons. The van der Waals surface area contributed by atoms with Crippen LogP contribution in [0.15, 0.2) is 30.3 Å². The fourth-order valence-corrected chi connectivity index (χ4v) is 6.78. The van der Waals surface area contributed by atoms with Gasteiger partial charge in [0.25, 0.3) is 0 Å². The van der Waals surface area contributed by atoms with Crippen molar-refractivity contribution >= 4 is 13.3 Å². The molecule has 0 amide bonds. The van der Waals surface area contributed by atoms with Crippen molar-refractivity contribution in [2.45, 2.75) is 38.9 Å². The standard InChI is InChI=1S/C14H23NSi/c1-13(2)15-10-7-11-16(3,12-15)14-8-5-4-6-9-14/h4-6,8-9,13H,7,10-12H2,1-3H3. The molecule has 0 bridgehead atoms. The summed E-state index contributed by atoms with van der Waals surface area (Å²) in [5.41, 5.74) is 0. The predicted molar refractivity (Wildman–Crippen MR) is 73.8 cm³/mol. The van der Waals surface area contributed by atoms with Crippen molar-refractivity contribution in [2.75, 3.05) is 12.7 Å². The molecule has 1 fully saturated rings. The maximum Gasteiger partial charge on any atom is 0.0979 e. The summed E-state index contributed by atoms with van der Waals surface area (Å²) < 4.78 is 0. The van der Waals surface area contributed by atoms with Gasteiger partial charge < -0.3 is 4.90 Å². The maximum atomic E-state index is 2.67. The Morgan fingerprint density at radius 3 is 2.50 bits per heavy atom. The third kappa shape index (κ3) is 2.38. The molecule has 1 aromatic rings. The first-order chi connectivity index (χ1) is 7.62. The summed E-state index contributed by atoms with van der Waals surface area (Å²) >= 11 is 0. The van der Waals surface area contributed by atoms with Crippen LogP contribution in [0, 0.1) is 0 Å². The van der Waals surface area contributed by atoms with Crippen LogP contribution in [0.1, 0.15) is 20.3 Å². The molecular weight excluding hydrogens is 210 g/mol. The first kappa shape index (κ1) is 11.9. The van der Waals surface area contributed by atoms with Gasteiger partial charge in [-0.15, -0.1) is 0 Å². The third-order valence-electron chi connectivity index (χ3n) is 3.93. The molecule has 16 heavy (non-hydrogen) atoms. The minimum atomic E-state index is -1.21. The van der Waals surface area contributed by atoms with Crippen molar-refractivity contribution in [1.82, 2.24) is 4.90 Å². The van der Waals surface area contributed by atoms with Gasteiger partial charge in [0.15, 0.2) is 0 Å². The number of rotatable bonds is 2. The van der Waals surface area contributed by atoms with E-state index in [1.54, 1.807) is 5.19 Å². The van der Waals surface area contributed by atoms with Gasteiger partial charge in [-0.1, -0.05) is 48.1 Å². The maximum absolute atomic E-state index is 2.67. The van der Waals surface area contributed by atoms with Gasteiger partial charge in [-0.05, 0) is 33.0 Å². The highest BCUT2D eigenvalue weighted by atomic mass is 28.3. The number of hydrogen-bond donors (Lipinski definition) is 0. The Kier molecular flexibility index (Phi) is 3.50. The molecule has 0 aliphatic carbocycles. The zero-order chi connectivity index (χ0) is 11.6. The molecule has 1 aliphatic rings. The molecule has 0 spiro atoms. The minimum Gasteiger partial charge on any atom is -0.303 e. The molecule has 0 aromatic heterocycles. The van der Waals surface area contributed by atoms with Gasteiger partial charge in [-0.2, -0.15) is 0 Å². The molecule has 1 saturated heterocycles. The van der Waals surface area contributed by atoms with Crippen LogP contribution in [0.2, 0.25) is 12.6 Å². The first-order valence-corrected chi connectivity index (χ1v) is 9.33. The van der Waals surface area contributed by atoms with Gasteiger partial charge >= 0.3 is 0 Å². The topological polar surface area (TPSA) is 3.24 Å². The lowest BCUT2D eigenvalue weighted by Gasteiger charge is -2.41. The van der Waals surface area contributed by atoms with Crippen LogP contribution in [0.3, 0.4) is 0 Å². The van der Waals surface area contributed by atoms with Crippen molar-refractivity contribution in [3.8, 4) is 0 Å². The summed E-state index contributed by atoms with van der Waals surface area (Å²) in [6, 6.07) is 13.4. The fourth-order valence-electron chi connectivity index (χ4n) is 2.80. The highest BCUT2D eigenvalue weighted by Crippen LogP contribution is 2.21. The highest BCUT2D eigenvalue weighted by molar-refractivity contribution is 6.91. The average molecular weight is 233 g/mol. The van der Waals surface area contributed by atoms with Gasteiger partial charge in [-0.3, -0.25) is 0 Å². The SMILES string of the molecule is CC(C)N1CCC[Si](C)(c2ccccc2)C1. The molecule has 2 rings (SSSR count). The second-order valence-corrected chi connectivity index (χ2v) is 10.1.